The summed E-state index contributed by atoms with van der Waals surface area (Å²) < 4.78 is 23.4. The van der Waals surface area contributed by atoms with Gasteiger partial charge in [0, 0.05) is 17.0 Å². The Hall–Kier alpha value is -1.66. The number of aryl methyl sites for hydroxylation is 1. The van der Waals surface area contributed by atoms with Crippen LogP contribution in [-0.4, -0.2) is 20.1 Å². The van der Waals surface area contributed by atoms with Gasteiger partial charge in [0.2, 0.25) is 5.91 Å². The van der Waals surface area contributed by atoms with E-state index < -0.39 is 9.84 Å². The molecule has 0 saturated carbocycles. The van der Waals surface area contributed by atoms with Crippen molar-refractivity contribution < 1.29 is 13.2 Å². The number of hydrogen-bond donors (Lipinski definition) is 1. The highest BCUT2D eigenvalue weighted by atomic mass is 32.2. The average molecular weight is 323 g/mol. The maximum absolute atomic E-state index is 11.8. The molecule has 0 aliphatic carbocycles. The molecule has 1 amide bonds. The van der Waals surface area contributed by atoms with Gasteiger partial charge in [-0.2, -0.15) is 0 Å². The third-order valence-corrected chi connectivity index (χ3v) is 5.74. The molecular formula is C15H17NO3S2. The van der Waals surface area contributed by atoms with Crippen molar-refractivity contribution in [3.63, 3.8) is 0 Å². The number of thiophene rings is 1. The largest absolute Gasteiger partial charge is 0.326 e. The Bertz CT molecular complexity index is 689. The van der Waals surface area contributed by atoms with Crippen molar-refractivity contribution in [1.82, 2.24) is 0 Å². The van der Waals surface area contributed by atoms with E-state index in [1.807, 2.05) is 17.5 Å². The third-order valence-electron chi connectivity index (χ3n) is 3.06. The summed E-state index contributed by atoms with van der Waals surface area (Å²) in [7, 11) is -3.19. The fourth-order valence-electron chi connectivity index (χ4n) is 1.83. The van der Waals surface area contributed by atoms with Crippen LogP contribution in [0.25, 0.3) is 0 Å². The summed E-state index contributed by atoms with van der Waals surface area (Å²) in [6.07, 6.45) is 1.13. The number of anilines is 1. The molecule has 0 aliphatic rings. The molecule has 0 radical (unpaired) electrons. The van der Waals surface area contributed by atoms with Crippen LogP contribution in [0.15, 0.2) is 46.7 Å². The normalized spacial score (nSPS) is 11.3. The van der Waals surface area contributed by atoms with Gasteiger partial charge in [-0.3, -0.25) is 4.79 Å². The lowest BCUT2D eigenvalue weighted by Gasteiger charge is -2.06. The molecule has 0 aliphatic heterocycles. The predicted octanol–water partition coefficient (Wildman–Crippen LogP) is 3.11. The Balaban J connectivity index is 1.92. The van der Waals surface area contributed by atoms with Gasteiger partial charge >= 0.3 is 0 Å². The topological polar surface area (TPSA) is 63.2 Å². The minimum Gasteiger partial charge on any atom is -0.326 e. The molecule has 2 rings (SSSR count). The van der Waals surface area contributed by atoms with Crippen LogP contribution >= 0.6 is 11.3 Å². The smallest absolute Gasteiger partial charge is 0.224 e. The van der Waals surface area contributed by atoms with Crippen molar-refractivity contribution in [1.29, 1.82) is 0 Å². The fourth-order valence-corrected chi connectivity index (χ4v) is 3.42. The van der Waals surface area contributed by atoms with Crippen molar-refractivity contribution in [2.24, 2.45) is 0 Å². The third kappa shape index (κ3) is 4.41. The molecule has 0 atom stereocenters. The van der Waals surface area contributed by atoms with Crippen molar-refractivity contribution in [3.8, 4) is 0 Å². The first-order valence-electron chi connectivity index (χ1n) is 6.66. The monoisotopic (exact) mass is 323 g/mol. The van der Waals surface area contributed by atoms with E-state index in [1.165, 1.54) is 17.0 Å². The van der Waals surface area contributed by atoms with E-state index in [0.717, 1.165) is 0 Å². The lowest BCUT2D eigenvalue weighted by Crippen LogP contribution is -2.12. The summed E-state index contributed by atoms with van der Waals surface area (Å²) in [5.41, 5.74) is 0.612. The zero-order valence-electron chi connectivity index (χ0n) is 11.7. The first-order chi connectivity index (χ1) is 10.0. The number of amides is 1. The maximum Gasteiger partial charge on any atom is 0.224 e. The van der Waals surface area contributed by atoms with Crippen LogP contribution in [0, 0.1) is 0 Å². The highest BCUT2D eigenvalue weighted by Gasteiger charge is 2.11. The minimum atomic E-state index is -3.19. The first kappa shape index (κ1) is 15.7. The molecular weight excluding hydrogens is 306 g/mol. The van der Waals surface area contributed by atoms with Crippen molar-refractivity contribution in [3.05, 3.63) is 46.7 Å². The lowest BCUT2D eigenvalue weighted by molar-refractivity contribution is -0.116. The number of carbonyl (C=O) groups excluding carboxylic acids is 1. The molecule has 4 nitrogen and oxygen atoms in total. The molecule has 0 fully saturated rings. The average Bonchev–Trinajstić information content (AvgIpc) is 2.99. The Labute approximate surface area is 128 Å². The van der Waals surface area contributed by atoms with E-state index in [-0.39, 0.29) is 16.6 Å². The molecule has 1 heterocycles. The van der Waals surface area contributed by atoms with E-state index >= 15 is 0 Å². The second kappa shape index (κ2) is 6.87. The van der Waals surface area contributed by atoms with Gasteiger partial charge in [-0.25, -0.2) is 8.42 Å². The molecule has 21 heavy (non-hydrogen) atoms. The van der Waals surface area contributed by atoms with E-state index in [2.05, 4.69) is 5.32 Å². The van der Waals surface area contributed by atoms with Gasteiger partial charge < -0.3 is 5.32 Å². The van der Waals surface area contributed by atoms with Gasteiger partial charge in [-0.15, -0.1) is 11.3 Å². The number of sulfone groups is 1. The highest BCUT2D eigenvalue weighted by Crippen LogP contribution is 2.16. The van der Waals surface area contributed by atoms with Gasteiger partial charge in [0.15, 0.2) is 9.84 Å². The number of rotatable bonds is 6. The van der Waals surface area contributed by atoms with E-state index in [0.29, 0.717) is 18.5 Å². The number of carbonyl (C=O) groups is 1. The van der Waals surface area contributed by atoms with Gasteiger partial charge in [-0.05, 0) is 42.1 Å². The fraction of sp³-hybridized carbons (Fsp3) is 0.267. The summed E-state index contributed by atoms with van der Waals surface area (Å²) >= 11 is 1.63. The molecule has 0 spiro atoms. The second-order valence-electron chi connectivity index (χ2n) is 4.56. The van der Waals surface area contributed by atoms with Crippen LogP contribution in [0.5, 0.6) is 0 Å². The predicted molar refractivity (Wildman–Crippen MR) is 85.4 cm³/mol. The molecule has 0 saturated heterocycles. The van der Waals surface area contributed by atoms with E-state index in [1.54, 1.807) is 30.4 Å². The van der Waals surface area contributed by atoms with Gasteiger partial charge in [0.1, 0.15) is 0 Å². The van der Waals surface area contributed by atoms with Gasteiger partial charge in [0.25, 0.3) is 0 Å². The lowest BCUT2D eigenvalue weighted by atomic mass is 10.2. The van der Waals surface area contributed by atoms with Crippen LogP contribution in [0.3, 0.4) is 0 Å². The standard InChI is InChI=1S/C15H17NO3S2/c1-2-21(18,19)14-8-5-12(6-9-14)16-15(17)10-7-13-4-3-11-20-13/h3-6,8-9,11H,2,7,10H2,1H3,(H,16,17). The number of nitrogens with one attached hydrogen (secondary N) is 1. The van der Waals surface area contributed by atoms with Gasteiger partial charge in [0.05, 0.1) is 10.6 Å². The first-order valence-corrected chi connectivity index (χ1v) is 9.19. The van der Waals surface area contributed by atoms with Crippen LogP contribution in [0.4, 0.5) is 5.69 Å². The van der Waals surface area contributed by atoms with Crippen molar-refractivity contribution in [2.45, 2.75) is 24.7 Å². The van der Waals surface area contributed by atoms with Gasteiger partial charge in [-0.1, -0.05) is 13.0 Å². The van der Waals surface area contributed by atoms with Crippen LogP contribution in [0.1, 0.15) is 18.2 Å². The second-order valence-corrected chi connectivity index (χ2v) is 7.87. The molecule has 0 unspecified atom stereocenters. The Morgan fingerprint density at radius 1 is 1.19 bits per heavy atom. The molecule has 0 bridgehead atoms. The molecule has 1 N–H and O–H groups in total. The zero-order valence-corrected chi connectivity index (χ0v) is 13.3. The zero-order chi connectivity index (χ0) is 15.3. The van der Waals surface area contributed by atoms with Crippen molar-refractivity contribution >= 4 is 32.8 Å². The molecule has 2 aromatic rings. The van der Waals surface area contributed by atoms with E-state index in [4.69, 9.17) is 0 Å². The Morgan fingerprint density at radius 2 is 1.90 bits per heavy atom. The molecule has 6 heteroatoms. The number of hydrogen-bond acceptors (Lipinski definition) is 4. The molecule has 1 aromatic carbocycles. The summed E-state index contributed by atoms with van der Waals surface area (Å²) in [6, 6.07) is 10.2. The summed E-state index contributed by atoms with van der Waals surface area (Å²) in [5, 5.41) is 4.76. The van der Waals surface area contributed by atoms with Crippen LogP contribution in [0.2, 0.25) is 0 Å². The SMILES string of the molecule is CCS(=O)(=O)c1ccc(NC(=O)CCc2cccs2)cc1. The molecule has 1 aromatic heterocycles. The molecule has 112 valence electrons. The summed E-state index contributed by atoms with van der Waals surface area (Å²) in [5.74, 6) is -0.00557. The summed E-state index contributed by atoms with van der Waals surface area (Å²) in [4.78, 5) is 13.3. The van der Waals surface area contributed by atoms with Crippen LogP contribution in [-0.2, 0) is 21.1 Å². The summed E-state index contributed by atoms with van der Waals surface area (Å²) in [6.45, 7) is 1.61. The maximum atomic E-state index is 11.8. The van der Waals surface area contributed by atoms with Crippen molar-refractivity contribution in [2.75, 3.05) is 11.1 Å². The Morgan fingerprint density at radius 3 is 2.48 bits per heavy atom. The number of benzene rings is 1. The Kier molecular flexibility index (Phi) is 5.14. The van der Waals surface area contributed by atoms with E-state index in [9.17, 15) is 13.2 Å². The minimum absolute atomic E-state index is 0.0690. The van der Waals surface area contributed by atoms with Crippen LogP contribution < -0.4 is 5.32 Å². The highest BCUT2D eigenvalue weighted by molar-refractivity contribution is 7.91. The quantitative estimate of drug-likeness (QED) is 0.888.